The highest BCUT2D eigenvalue weighted by molar-refractivity contribution is 8.14. The largest absolute Gasteiger partial charge is 0.462 e. The molecular formula is C122H234N6O15S3. The fourth-order valence-electron chi connectivity index (χ4n) is 17.5. The number of allylic oxidation sites excluding steroid dienone is 2. The fourth-order valence-corrected chi connectivity index (χ4v) is 20.3. The van der Waals surface area contributed by atoms with Gasteiger partial charge in [-0.1, -0.05) is 386 Å². The summed E-state index contributed by atoms with van der Waals surface area (Å²) in [6.45, 7) is 28.9. The number of carbonyl (C=O) groups is 9. The van der Waals surface area contributed by atoms with Crippen molar-refractivity contribution in [3.05, 3.63) is 24.3 Å². The van der Waals surface area contributed by atoms with Gasteiger partial charge < -0.3 is 57.8 Å². The summed E-state index contributed by atoms with van der Waals surface area (Å²) in [6, 6.07) is 0. The minimum absolute atomic E-state index is 0.00151. The lowest BCUT2D eigenvalue weighted by molar-refractivity contribution is -0.151. The Morgan fingerprint density at radius 3 is 0.637 bits per heavy atom. The van der Waals surface area contributed by atoms with E-state index in [9.17, 15) is 43.2 Å². The van der Waals surface area contributed by atoms with E-state index in [2.05, 4.69) is 96.1 Å². The molecule has 0 aromatic rings. The third-order valence-corrected chi connectivity index (χ3v) is 29.6. The number of ether oxygens (including phenoxy) is 6. The third-order valence-electron chi connectivity index (χ3n) is 26.8. The van der Waals surface area contributed by atoms with Crippen LogP contribution in [0.4, 0.5) is 14.4 Å². The van der Waals surface area contributed by atoms with Crippen LogP contribution in [-0.2, 0) is 57.2 Å². The molecule has 0 bridgehead atoms. The molecule has 3 amide bonds. The molecule has 21 nitrogen and oxygen atoms in total. The first-order valence-electron chi connectivity index (χ1n) is 61.0. The molecule has 0 saturated carbocycles. The first-order chi connectivity index (χ1) is 70.9. The number of rotatable bonds is 104. The summed E-state index contributed by atoms with van der Waals surface area (Å²) in [5.41, 5.74) is 0. The van der Waals surface area contributed by atoms with E-state index < -0.39 is 0 Å². The number of hydrogen-bond acceptors (Lipinski definition) is 21. The second-order valence-electron chi connectivity index (χ2n) is 42.2. The normalized spacial score (nSPS) is 11.6. The number of carbonyl (C=O) groups excluding carboxylic acids is 9. The Morgan fingerprint density at radius 1 is 0.199 bits per heavy atom. The molecule has 0 rings (SSSR count). The summed E-state index contributed by atoms with van der Waals surface area (Å²) in [5, 5.41) is 0.166. The topological polar surface area (TPSA) is 228 Å². The highest BCUT2D eigenvalue weighted by atomic mass is 32.2. The molecule has 860 valence electrons. The van der Waals surface area contributed by atoms with Crippen LogP contribution in [0.1, 0.15) is 551 Å². The second kappa shape index (κ2) is 115. The summed E-state index contributed by atoms with van der Waals surface area (Å²) in [6.07, 6.45) is 86.8. The molecule has 0 heterocycles. The summed E-state index contributed by atoms with van der Waals surface area (Å²) in [4.78, 5) is 127. The van der Waals surface area contributed by atoms with Gasteiger partial charge in [-0.2, -0.15) is 0 Å². The quantitative estimate of drug-likeness (QED) is 0.0238. The van der Waals surface area contributed by atoms with Gasteiger partial charge in [0.2, 0.25) is 0 Å². The van der Waals surface area contributed by atoms with Crippen molar-refractivity contribution in [3.63, 3.8) is 0 Å². The predicted molar refractivity (Wildman–Crippen MR) is 627 cm³/mol. The average molecular weight is 2120 g/mol. The van der Waals surface area contributed by atoms with Crippen LogP contribution in [0.25, 0.3) is 0 Å². The zero-order chi connectivity index (χ0) is 108. The minimum Gasteiger partial charge on any atom is -0.462 e. The molecule has 0 saturated heterocycles. The van der Waals surface area contributed by atoms with Crippen LogP contribution >= 0.6 is 35.3 Å². The van der Waals surface area contributed by atoms with Gasteiger partial charge in [-0.15, -0.1) is 0 Å². The van der Waals surface area contributed by atoms with Gasteiger partial charge in [0.05, 0.1) is 0 Å². The molecule has 0 spiro atoms. The van der Waals surface area contributed by atoms with Crippen molar-refractivity contribution in [2.75, 3.05) is 132 Å². The smallest absolute Gasteiger partial charge is 0.306 e. The van der Waals surface area contributed by atoms with Gasteiger partial charge in [0.15, 0.2) is 0 Å². The Hall–Kier alpha value is -4.36. The van der Waals surface area contributed by atoms with Gasteiger partial charge in [0.1, 0.15) is 37.6 Å². The van der Waals surface area contributed by atoms with Crippen LogP contribution in [-0.4, -0.2) is 237 Å². The van der Waals surface area contributed by atoms with Crippen LogP contribution < -0.4 is 0 Å². The minimum atomic E-state index is -0.239. The summed E-state index contributed by atoms with van der Waals surface area (Å²) >= 11 is 4.04. The molecule has 0 unspecified atom stereocenters. The van der Waals surface area contributed by atoms with Gasteiger partial charge in [0, 0.05) is 108 Å². The molecule has 0 radical (unpaired) electrons. The fraction of sp³-hybridized carbons (Fsp3) is 0.893. The van der Waals surface area contributed by atoms with Crippen molar-refractivity contribution in [2.45, 2.75) is 575 Å². The van der Waals surface area contributed by atoms with Crippen molar-refractivity contribution < 1.29 is 71.6 Å². The maximum atomic E-state index is 13.3. The summed E-state index contributed by atoms with van der Waals surface area (Å²) < 4.78 is 34.7. The summed E-state index contributed by atoms with van der Waals surface area (Å²) in [5.74, 6) is 1.35. The molecule has 0 aliphatic rings. The van der Waals surface area contributed by atoms with Crippen molar-refractivity contribution >= 4 is 86.8 Å². The monoisotopic (exact) mass is 2120 g/mol. The maximum Gasteiger partial charge on any atom is 0.306 e. The SMILES string of the molecule is CCCCCC/C=C\COC(=O)CCCCCN(CCCCCC(=O)OC(CCCCCCC)CCCCCCC)C(=O)SCCN(C)C.CCCCCC/C=C\COC(=O)CCCN(CCCC(=O)OC(CCCCCCC)CCCCCCC)C(=O)SCCN(C)C.CCCCCCCC(CCCCCCC)OC(=O)CCCN(CCCC(=O)OC(CCCCCCC)CCCCCCC)C(=O)SCCCN(C)C. The number of hydrogen-bond donors (Lipinski definition) is 0. The van der Waals surface area contributed by atoms with E-state index in [1.165, 1.54) is 292 Å². The van der Waals surface area contributed by atoms with Crippen LogP contribution in [0.2, 0.25) is 0 Å². The molecule has 0 fully saturated rings. The Morgan fingerprint density at radius 2 is 0.397 bits per heavy atom. The first kappa shape index (κ1) is 146. The number of thioether (sulfide) groups is 3. The van der Waals surface area contributed by atoms with E-state index >= 15 is 0 Å². The zero-order valence-electron chi connectivity index (χ0n) is 98.1. The Kier molecular flexibility index (Phi) is 114. The Balaban J connectivity index is -0.00000211. The van der Waals surface area contributed by atoms with Crippen molar-refractivity contribution in [1.82, 2.24) is 29.4 Å². The standard InChI is InChI=1S/C44H86N2O5S.C41H78N2O5S.C37H70N2O5S/c1-7-11-15-19-23-30-40(31-24-20-16-12-8-2)50-42(47)34-27-37-46(44(49)52-39-29-36-45(5)6)38-28-35-43(48)51-41(32-25-21-17-13-9-3)33-26-22-18-14-10-4;1-6-9-12-15-16-19-28-36-47-39(44)31-24-20-26-33-43(41(46)49-37-35-42(4)5)34-27-21-25-32-40(45)48-38(29-22-17-13-10-7-2)30-23-18-14-11-8-3;1-6-9-12-15-16-19-22-32-43-35(40)27-23-29-39(37(42)45-33-31-38(4)5)30-24-28-36(41)44-34(25-20-17-13-10-7-2)26-21-18-14-11-8-3/h40-41H,7-39H2,1-6H3;19,28,38H,6-18,20-27,29-37H2,1-5H3;19,22,34H,6-18,20-21,23-33H2,1-5H3/b;28-19-;22-19-. The third kappa shape index (κ3) is 107. The lowest BCUT2D eigenvalue weighted by Crippen LogP contribution is -2.31. The predicted octanol–water partition coefficient (Wildman–Crippen LogP) is 34.4. The number of unbranched alkanes of at least 4 members (excludes halogenated alkanes) is 44. The van der Waals surface area contributed by atoms with Crippen molar-refractivity contribution in [2.24, 2.45) is 0 Å². The Labute approximate surface area is 913 Å². The van der Waals surface area contributed by atoms with Gasteiger partial charge in [-0.3, -0.25) is 43.2 Å². The van der Waals surface area contributed by atoms with Crippen molar-refractivity contribution in [1.29, 1.82) is 0 Å². The maximum absolute atomic E-state index is 13.3. The van der Waals surface area contributed by atoms with E-state index in [4.69, 9.17) is 28.4 Å². The molecule has 0 aromatic carbocycles. The first-order valence-corrected chi connectivity index (χ1v) is 64.0. The molecular weight excluding hydrogens is 1890 g/mol. The summed E-state index contributed by atoms with van der Waals surface area (Å²) in [7, 11) is 12.1. The van der Waals surface area contributed by atoms with E-state index in [1.54, 1.807) is 4.90 Å². The van der Waals surface area contributed by atoms with Crippen LogP contribution in [0.5, 0.6) is 0 Å². The molecule has 0 atom stereocenters. The van der Waals surface area contributed by atoms with E-state index in [0.29, 0.717) is 116 Å². The van der Waals surface area contributed by atoms with E-state index in [-0.39, 0.29) is 82.4 Å². The lowest BCUT2D eigenvalue weighted by Gasteiger charge is -2.23. The molecule has 24 heteroatoms. The molecule has 0 aliphatic carbocycles. The van der Waals surface area contributed by atoms with E-state index in [1.807, 2.05) is 64.2 Å². The molecule has 0 aliphatic heterocycles. The Bertz CT molecular complexity index is 2880. The number of esters is 6. The van der Waals surface area contributed by atoms with Gasteiger partial charge >= 0.3 is 35.8 Å². The van der Waals surface area contributed by atoms with Crippen molar-refractivity contribution in [3.8, 4) is 0 Å². The molecule has 0 aromatic heterocycles. The number of amides is 3. The highest BCUT2D eigenvalue weighted by Crippen LogP contribution is 2.26. The van der Waals surface area contributed by atoms with Gasteiger partial charge in [0.25, 0.3) is 15.7 Å². The van der Waals surface area contributed by atoms with Crippen LogP contribution in [0.15, 0.2) is 24.3 Å². The number of nitrogens with zero attached hydrogens (tertiary/aromatic N) is 6. The van der Waals surface area contributed by atoms with E-state index in [0.717, 1.165) is 192 Å². The van der Waals surface area contributed by atoms with Crippen LogP contribution in [0.3, 0.4) is 0 Å². The lowest BCUT2D eigenvalue weighted by atomic mass is 10.0. The van der Waals surface area contributed by atoms with Gasteiger partial charge in [-0.25, -0.2) is 0 Å². The molecule has 0 N–H and O–H groups in total. The zero-order valence-corrected chi connectivity index (χ0v) is 101. The van der Waals surface area contributed by atoms with Gasteiger partial charge in [-0.05, 0) is 235 Å². The average Bonchev–Trinajstić information content (AvgIpc) is 0.942. The highest BCUT2D eigenvalue weighted by Gasteiger charge is 2.24. The second-order valence-corrected chi connectivity index (χ2v) is 45.3. The van der Waals surface area contributed by atoms with Crippen LogP contribution in [0, 0.1) is 0 Å². The molecule has 146 heavy (non-hydrogen) atoms.